The van der Waals surface area contributed by atoms with E-state index in [2.05, 4.69) is 35.4 Å². The first-order chi connectivity index (χ1) is 9.40. The number of esters is 1. The summed E-state index contributed by atoms with van der Waals surface area (Å²) in [4.78, 5) is 16.0. The summed E-state index contributed by atoms with van der Waals surface area (Å²) in [5.41, 5.74) is -0.0149. The van der Waals surface area contributed by atoms with Crippen LogP contribution >= 0.6 is 11.5 Å². The number of carbonyl (C=O) groups excluding carboxylic acids is 1. The number of methoxy groups -OCH3 is 1. The molecule has 20 heavy (non-hydrogen) atoms. The van der Waals surface area contributed by atoms with E-state index < -0.39 is 0 Å². The van der Waals surface area contributed by atoms with Crippen LogP contribution in [0.2, 0.25) is 0 Å². The number of ether oxygens (including phenoxy) is 1. The lowest BCUT2D eigenvalue weighted by atomic mass is 9.86. The van der Waals surface area contributed by atoms with E-state index in [0.29, 0.717) is 6.04 Å². The van der Waals surface area contributed by atoms with Crippen LogP contribution in [-0.4, -0.2) is 28.5 Å². The minimum atomic E-state index is -0.0746. The zero-order valence-corrected chi connectivity index (χ0v) is 13.4. The highest BCUT2D eigenvalue weighted by atomic mass is 32.1. The maximum atomic E-state index is 11.5. The van der Waals surface area contributed by atoms with E-state index in [1.165, 1.54) is 18.6 Å². The first kappa shape index (κ1) is 15.2. The van der Waals surface area contributed by atoms with Crippen molar-refractivity contribution >= 4 is 22.6 Å². The van der Waals surface area contributed by atoms with Crippen LogP contribution in [0.15, 0.2) is 0 Å². The van der Waals surface area contributed by atoms with Crippen LogP contribution in [0.3, 0.4) is 0 Å². The van der Waals surface area contributed by atoms with Crippen LogP contribution in [0.1, 0.15) is 52.3 Å². The molecule has 1 saturated carbocycles. The van der Waals surface area contributed by atoms with Crippen molar-refractivity contribution in [2.45, 2.75) is 57.9 Å². The Morgan fingerprint density at radius 1 is 1.30 bits per heavy atom. The molecule has 1 aliphatic carbocycles. The number of rotatable bonds is 3. The lowest BCUT2D eigenvalue weighted by Crippen LogP contribution is -2.29. The third-order valence-electron chi connectivity index (χ3n) is 3.69. The Morgan fingerprint density at radius 3 is 2.45 bits per heavy atom. The maximum absolute atomic E-state index is 11.5. The Balaban J connectivity index is 1.87. The highest BCUT2D eigenvalue weighted by Crippen LogP contribution is 2.29. The maximum Gasteiger partial charge on any atom is 0.308 e. The van der Waals surface area contributed by atoms with Crippen molar-refractivity contribution in [3.8, 4) is 0 Å². The van der Waals surface area contributed by atoms with Gasteiger partial charge in [0.2, 0.25) is 5.13 Å². The van der Waals surface area contributed by atoms with Crippen molar-refractivity contribution in [1.29, 1.82) is 0 Å². The van der Waals surface area contributed by atoms with Gasteiger partial charge in [0.1, 0.15) is 5.82 Å². The molecule has 1 N–H and O–H groups in total. The molecule has 5 nitrogen and oxygen atoms in total. The molecular formula is C14H23N3O2S. The second-order valence-electron chi connectivity index (χ2n) is 6.39. The van der Waals surface area contributed by atoms with Gasteiger partial charge in [0, 0.05) is 23.0 Å². The summed E-state index contributed by atoms with van der Waals surface area (Å²) < 4.78 is 9.21. The fraction of sp³-hybridized carbons (Fsp3) is 0.786. The van der Waals surface area contributed by atoms with Crippen molar-refractivity contribution in [2.75, 3.05) is 12.4 Å². The molecule has 112 valence electrons. The minimum Gasteiger partial charge on any atom is -0.469 e. The zero-order valence-electron chi connectivity index (χ0n) is 12.6. The third kappa shape index (κ3) is 3.69. The molecule has 2 rings (SSSR count). The first-order valence-electron chi connectivity index (χ1n) is 7.08. The van der Waals surface area contributed by atoms with Gasteiger partial charge in [-0.2, -0.15) is 4.37 Å². The summed E-state index contributed by atoms with van der Waals surface area (Å²) in [5.74, 6) is 0.875. The predicted molar refractivity (Wildman–Crippen MR) is 80.0 cm³/mol. The molecule has 0 atom stereocenters. The Labute approximate surface area is 124 Å². The Morgan fingerprint density at radius 2 is 1.95 bits per heavy atom. The fourth-order valence-electron chi connectivity index (χ4n) is 2.40. The lowest BCUT2D eigenvalue weighted by Gasteiger charge is -2.27. The van der Waals surface area contributed by atoms with Crippen LogP contribution in [0.25, 0.3) is 0 Å². The average Bonchev–Trinajstić information content (AvgIpc) is 2.87. The van der Waals surface area contributed by atoms with Crippen molar-refractivity contribution in [1.82, 2.24) is 9.36 Å². The Hall–Kier alpha value is -1.17. The molecule has 0 unspecified atom stereocenters. The van der Waals surface area contributed by atoms with E-state index in [1.807, 2.05) is 0 Å². The van der Waals surface area contributed by atoms with Crippen LogP contribution in [0.4, 0.5) is 5.13 Å². The highest BCUT2D eigenvalue weighted by Gasteiger charge is 2.27. The summed E-state index contributed by atoms with van der Waals surface area (Å²) in [6, 6.07) is 0.386. The fourth-order valence-corrected chi connectivity index (χ4v) is 3.24. The van der Waals surface area contributed by atoms with E-state index in [-0.39, 0.29) is 17.3 Å². The largest absolute Gasteiger partial charge is 0.469 e. The van der Waals surface area contributed by atoms with E-state index >= 15 is 0 Å². The molecule has 0 aliphatic heterocycles. The monoisotopic (exact) mass is 297 g/mol. The summed E-state index contributed by atoms with van der Waals surface area (Å²) in [6.45, 7) is 6.33. The molecule has 0 saturated heterocycles. The van der Waals surface area contributed by atoms with Crippen molar-refractivity contribution in [3.63, 3.8) is 0 Å². The molecular weight excluding hydrogens is 274 g/mol. The van der Waals surface area contributed by atoms with E-state index in [1.54, 1.807) is 0 Å². The van der Waals surface area contributed by atoms with Crippen LogP contribution in [0, 0.1) is 5.92 Å². The number of anilines is 1. The number of aromatic nitrogens is 2. The summed E-state index contributed by atoms with van der Waals surface area (Å²) in [7, 11) is 1.46. The summed E-state index contributed by atoms with van der Waals surface area (Å²) in [6.07, 6.45) is 3.72. The second kappa shape index (κ2) is 6.08. The summed E-state index contributed by atoms with van der Waals surface area (Å²) >= 11 is 1.42. The van der Waals surface area contributed by atoms with Gasteiger partial charge in [0.15, 0.2) is 0 Å². The molecule has 1 aliphatic rings. The van der Waals surface area contributed by atoms with Gasteiger partial charge in [-0.15, -0.1) is 0 Å². The van der Waals surface area contributed by atoms with E-state index in [4.69, 9.17) is 4.74 Å². The van der Waals surface area contributed by atoms with E-state index in [0.717, 1.165) is 36.6 Å². The molecule has 0 radical (unpaired) electrons. The van der Waals surface area contributed by atoms with Crippen LogP contribution in [-0.2, 0) is 14.9 Å². The normalized spacial score (nSPS) is 23.4. The molecule has 1 aromatic rings. The zero-order chi connectivity index (χ0) is 14.8. The minimum absolute atomic E-state index is 0.0149. The predicted octanol–water partition coefficient (Wildman–Crippen LogP) is 2.98. The molecule has 0 spiro atoms. The lowest BCUT2D eigenvalue weighted by molar-refractivity contribution is -0.146. The van der Waals surface area contributed by atoms with E-state index in [9.17, 15) is 4.79 Å². The second-order valence-corrected chi connectivity index (χ2v) is 7.14. The van der Waals surface area contributed by atoms with Crippen molar-refractivity contribution in [3.05, 3.63) is 5.82 Å². The van der Waals surface area contributed by atoms with Gasteiger partial charge in [-0.25, -0.2) is 4.98 Å². The van der Waals surface area contributed by atoms with Gasteiger partial charge in [0.25, 0.3) is 0 Å². The van der Waals surface area contributed by atoms with Crippen LogP contribution < -0.4 is 5.32 Å². The number of hydrogen-bond donors (Lipinski definition) is 1. The number of nitrogens with one attached hydrogen (secondary N) is 1. The highest BCUT2D eigenvalue weighted by molar-refractivity contribution is 7.09. The molecule has 0 aromatic carbocycles. The number of nitrogens with zero attached hydrogens (tertiary/aromatic N) is 2. The van der Waals surface area contributed by atoms with Gasteiger partial charge in [-0.3, -0.25) is 4.79 Å². The van der Waals surface area contributed by atoms with Gasteiger partial charge >= 0.3 is 5.97 Å². The van der Waals surface area contributed by atoms with Gasteiger partial charge < -0.3 is 10.1 Å². The van der Waals surface area contributed by atoms with Gasteiger partial charge in [-0.1, -0.05) is 20.8 Å². The molecule has 1 fully saturated rings. The topological polar surface area (TPSA) is 64.1 Å². The molecule has 1 heterocycles. The van der Waals surface area contributed by atoms with Crippen LogP contribution in [0.5, 0.6) is 0 Å². The van der Waals surface area contributed by atoms with Gasteiger partial charge in [0.05, 0.1) is 13.0 Å². The SMILES string of the molecule is COC(=O)C1CCC(Nc2nc(C(C)(C)C)ns2)CC1. The Bertz CT molecular complexity index is 459. The third-order valence-corrected chi connectivity index (χ3v) is 4.33. The first-order valence-corrected chi connectivity index (χ1v) is 7.86. The standard InChI is InChI=1S/C14H23N3O2S/c1-14(2,3)12-16-13(20-17-12)15-10-7-5-9(6-8-10)11(18)19-4/h9-10H,5-8H2,1-4H3,(H,15,16,17). The number of carbonyl (C=O) groups is 1. The summed E-state index contributed by atoms with van der Waals surface area (Å²) in [5, 5.41) is 4.33. The number of hydrogen-bond acceptors (Lipinski definition) is 6. The van der Waals surface area contributed by atoms with Crippen molar-refractivity contribution in [2.24, 2.45) is 5.92 Å². The molecule has 0 bridgehead atoms. The molecule has 6 heteroatoms. The Kier molecular flexibility index (Phi) is 4.62. The van der Waals surface area contributed by atoms with Gasteiger partial charge in [-0.05, 0) is 25.7 Å². The van der Waals surface area contributed by atoms with Crippen molar-refractivity contribution < 1.29 is 9.53 Å². The quantitative estimate of drug-likeness (QED) is 0.869. The molecule has 0 amide bonds. The smallest absolute Gasteiger partial charge is 0.308 e. The average molecular weight is 297 g/mol. The molecule has 1 aromatic heterocycles.